The van der Waals surface area contributed by atoms with Gasteiger partial charge in [0.15, 0.2) is 10.9 Å². The number of para-hydroxylation sites is 3. The van der Waals surface area contributed by atoms with Gasteiger partial charge in [0.2, 0.25) is 5.91 Å². The average Bonchev–Trinajstić information content (AvgIpc) is 3.19. The Labute approximate surface area is 194 Å². The number of nitrogens with one attached hydrogen (secondary N) is 1. The highest BCUT2D eigenvalue weighted by atomic mass is 32.2. The minimum absolute atomic E-state index is 0.160. The Morgan fingerprint density at radius 3 is 2.72 bits per heavy atom. The number of fused-ring (bicyclic) bond motifs is 3. The van der Waals surface area contributed by atoms with Crippen LogP contribution in [0.5, 0.6) is 11.5 Å². The quantitative estimate of drug-likeness (QED) is 0.283. The van der Waals surface area contributed by atoms with Gasteiger partial charge in [0.05, 0.1) is 16.8 Å². The van der Waals surface area contributed by atoms with E-state index in [1.54, 1.807) is 11.3 Å². The number of benzene rings is 2. The van der Waals surface area contributed by atoms with Crippen molar-refractivity contribution in [1.82, 2.24) is 9.97 Å². The molecule has 32 heavy (non-hydrogen) atoms. The smallest absolute Gasteiger partial charge is 0.234 e. The third-order valence-electron chi connectivity index (χ3n) is 5.29. The predicted molar refractivity (Wildman–Crippen MR) is 131 cm³/mol. The van der Waals surface area contributed by atoms with E-state index in [1.807, 2.05) is 54.6 Å². The summed E-state index contributed by atoms with van der Waals surface area (Å²) in [6.07, 6.45) is 4.53. The van der Waals surface area contributed by atoms with Gasteiger partial charge in [0.1, 0.15) is 16.4 Å². The molecule has 0 atom stereocenters. The van der Waals surface area contributed by atoms with Crippen molar-refractivity contribution in [3.8, 4) is 11.5 Å². The Balaban J connectivity index is 1.27. The maximum Gasteiger partial charge on any atom is 0.234 e. The third kappa shape index (κ3) is 4.42. The highest BCUT2D eigenvalue weighted by molar-refractivity contribution is 7.99. The highest BCUT2D eigenvalue weighted by Gasteiger charge is 2.20. The van der Waals surface area contributed by atoms with Gasteiger partial charge < -0.3 is 15.8 Å². The zero-order chi connectivity index (χ0) is 21.9. The summed E-state index contributed by atoms with van der Waals surface area (Å²) >= 11 is 2.99. The number of ether oxygens (including phenoxy) is 1. The fourth-order valence-corrected chi connectivity index (χ4v) is 5.80. The van der Waals surface area contributed by atoms with Crippen molar-refractivity contribution < 1.29 is 9.53 Å². The van der Waals surface area contributed by atoms with Crippen LogP contribution in [-0.4, -0.2) is 21.6 Å². The molecule has 2 aromatic heterocycles. The number of hydrogen-bond acceptors (Lipinski definition) is 7. The molecule has 1 aliphatic carbocycles. The van der Waals surface area contributed by atoms with Crippen LogP contribution in [0.1, 0.15) is 23.3 Å². The summed E-state index contributed by atoms with van der Waals surface area (Å²) in [4.78, 5) is 24.1. The first-order chi connectivity index (χ1) is 15.7. The summed E-state index contributed by atoms with van der Waals surface area (Å²) < 4.78 is 5.92. The second-order valence-corrected chi connectivity index (χ2v) is 9.56. The molecule has 2 heterocycles. The molecule has 5 rings (SSSR count). The van der Waals surface area contributed by atoms with Crippen LogP contribution in [0, 0.1) is 0 Å². The summed E-state index contributed by atoms with van der Waals surface area (Å²) in [6, 6.07) is 16.8. The molecule has 0 fully saturated rings. The number of aryl methyl sites for hydroxylation is 2. The SMILES string of the molecule is Nc1nc(SCC(=O)Nc2ccccc2Oc2ccccc2)nc2sc3c(c12)CCCC3. The van der Waals surface area contributed by atoms with Crippen LogP contribution in [0.3, 0.4) is 0 Å². The van der Waals surface area contributed by atoms with Gasteiger partial charge in [0, 0.05) is 4.88 Å². The molecule has 1 amide bonds. The van der Waals surface area contributed by atoms with Crippen LogP contribution in [0.25, 0.3) is 10.2 Å². The van der Waals surface area contributed by atoms with Gasteiger partial charge in [-0.3, -0.25) is 4.79 Å². The molecule has 2 aromatic carbocycles. The molecule has 0 saturated carbocycles. The molecular formula is C24H22N4O2S2. The lowest BCUT2D eigenvalue weighted by atomic mass is 9.97. The average molecular weight is 463 g/mol. The minimum Gasteiger partial charge on any atom is -0.455 e. The third-order valence-corrected chi connectivity index (χ3v) is 7.32. The van der Waals surface area contributed by atoms with E-state index in [-0.39, 0.29) is 11.7 Å². The molecule has 0 spiro atoms. The molecule has 4 aromatic rings. The number of nitrogen functional groups attached to an aromatic ring is 1. The van der Waals surface area contributed by atoms with Gasteiger partial charge in [-0.15, -0.1) is 11.3 Å². The molecule has 0 aliphatic heterocycles. The number of aromatic nitrogens is 2. The second kappa shape index (κ2) is 9.18. The van der Waals surface area contributed by atoms with E-state index in [2.05, 4.69) is 15.3 Å². The lowest BCUT2D eigenvalue weighted by molar-refractivity contribution is -0.113. The van der Waals surface area contributed by atoms with E-state index in [1.165, 1.54) is 35.0 Å². The van der Waals surface area contributed by atoms with Crippen molar-refractivity contribution in [3.63, 3.8) is 0 Å². The van der Waals surface area contributed by atoms with E-state index in [9.17, 15) is 4.79 Å². The highest BCUT2D eigenvalue weighted by Crippen LogP contribution is 2.38. The Hall–Kier alpha value is -3.10. The number of rotatable bonds is 6. The first-order valence-electron chi connectivity index (χ1n) is 10.5. The fourth-order valence-electron chi connectivity index (χ4n) is 3.82. The molecule has 162 valence electrons. The van der Waals surface area contributed by atoms with E-state index >= 15 is 0 Å². The van der Waals surface area contributed by atoms with Crippen LogP contribution in [0.15, 0.2) is 59.8 Å². The van der Waals surface area contributed by atoms with Crippen LogP contribution in [0.2, 0.25) is 0 Å². The molecule has 0 bridgehead atoms. The van der Waals surface area contributed by atoms with Crippen molar-refractivity contribution in [2.45, 2.75) is 30.8 Å². The molecule has 1 aliphatic rings. The van der Waals surface area contributed by atoms with Gasteiger partial charge in [0.25, 0.3) is 0 Å². The number of carbonyl (C=O) groups is 1. The molecular weight excluding hydrogens is 440 g/mol. The lowest BCUT2D eigenvalue weighted by Gasteiger charge is -2.12. The lowest BCUT2D eigenvalue weighted by Crippen LogP contribution is -2.15. The van der Waals surface area contributed by atoms with Gasteiger partial charge in [-0.2, -0.15) is 0 Å². The summed E-state index contributed by atoms with van der Waals surface area (Å²) in [5.41, 5.74) is 8.21. The van der Waals surface area contributed by atoms with Crippen molar-refractivity contribution in [3.05, 3.63) is 65.0 Å². The summed E-state index contributed by atoms with van der Waals surface area (Å²) in [7, 11) is 0. The fraction of sp³-hybridized carbons (Fsp3) is 0.208. The summed E-state index contributed by atoms with van der Waals surface area (Å²) in [5, 5.41) is 4.45. The molecule has 0 radical (unpaired) electrons. The normalized spacial score (nSPS) is 13.0. The van der Waals surface area contributed by atoms with Crippen LogP contribution < -0.4 is 15.8 Å². The van der Waals surface area contributed by atoms with Crippen molar-refractivity contribution in [1.29, 1.82) is 0 Å². The molecule has 0 unspecified atom stereocenters. The zero-order valence-corrected chi connectivity index (χ0v) is 19.0. The second-order valence-electron chi connectivity index (χ2n) is 7.53. The standard InChI is InChI=1S/C24H22N4O2S2/c25-22-21-16-10-4-7-13-19(16)32-23(21)28-24(27-22)31-14-20(29)26-17-11-5-6-12-18(17)30-15-8-2-1-3-9-15/h1-3,5-6,8-9,11-12H,4,7,10,13-14H2,(H,26,29)(H2,25,27,28). The van der Waals surface area contributed by atoms with Gasteiger partial charge in [-0.1, -0.05) is 42.1 Å². The first-order valence-corrected chi connectivity index (χ1v) is 12.3. The van der Waals surface area contributed by atoms with Crippen molar-refractivity contribution >= 4 is 50.7 Å². The number of amides is 1. The maximum absolute atomic E-state index is 12.6. The largest absolute Gasteiger partial charge is 0.455 e. The monoisotopic (exact) mass is 462 g/mol. The van der Waals surface area contributed by atoms with E-state index in [0.29, 0.717) is 28.2 Å². The van der Waals surface area contributed by atoms with Gasteiger partial charge in [-0.05, 0) is 55.5 Å². The molecule has 6 nitrogen and oxygen atoms in total. The summed E-state index contributed by atoms with van der Waals surface area (Å²) in [6.45, 7) is 0. The molecule has 3 N–H and O–H groups in total. The van der Waals surface area contributed by atoms with Gasteiger partial charge in [-0.25, -0.2) is 9.97 Å². The number of nitrogens with zero attached hydrogens (tertiary/aromatic N) is 2. The van der Waals surface area contributed by atoms with Crippen LogP contribution in [0.4, 0.5) is 11.5 Å². The number of carbonyl (C=O) groups excluding carboxylic acids is 1. The zero-order valence-electron chi connectivity index (χ0n) is 17.3. The van der Waals surface area contributed by atoms with Crippen molar-refractivity contribution in [2.24, 2.45) is 0 Å². The number of thiophene rings is 1. The predicted octanol–water partition coefficient (Wildman–Crippen LogP) is 5.68. The molecule has 8 heteroatoms. The Morgan fingerprint density at radius 2 is 1.84 bits per heavy atom. The molecule has 0 saturated heterocycles. The van der Waals surface area contributed by atoms with Gasteiger partial charge >= 0.3 is 0 Å². The first kappa shape index (κ1) is 20.8. The van der Waals surface area contributed by atoms with Crippen LogP contribution >= 0.6 is 23.1 Å². The number of hydrogen-bond donors (Lipinski definition) is 2. The Morgan fingerprint density at radius 1 is 1.06 bits per heavy atom. The van der Waals surface area contributed by atoms with Crippen LogP contribution in [-0.2, 0) is 17.6 Å². The number of thioether (sulfide) groups is 1. The van der Waals surface area contributed by atoms with Crippen molar-refractivity contribution in [2.75, 3.05) is 16.8 Å². The Kier molecular flexibility index (Phi) is 5.96. The summed E-state index contributed by atoms with van der Waals surface area (Å²) in [5.74, 6) is 1.82. The van der Waals surface area contributed by atoms with E-state index in [4.69, 9.17) is 10.5 Å². The topological polar surface area (TPSA) is 90.1 Å². The number of anilines is 2. The van der Waals surface area contributed by atoms with E-state index in [0.717, 1.165) is 23.1 Å². The number of nitrogens with two attached hydrogens (primary N) is 1. The minimum atomic E-state index is -0.160. The van der Waals surface area contributed by atoms with E-state index < -0.39 is 0 Å². The maximum atomic E-state index is 12.6. The Bertz CT molecular complexity index is 1270.